The van der Waals surface area contributed by atoms with E-state index < -0.39 is 0 Å². The second kappa shape index (κ2) is 32.3. The molecule has 3 unspecified atom stereocenters. The molecule has 0 N–H and O–H groups in total. The lowest BCUT2D eigenvalue weighted by Gasteiger charge is -2.16. The maximum Gasteiger partial charge on any atom is 0.330 e. The second-order valence-corrected chi connectivity index (χ2v) is 13.7. The molecule has 2 nitrogen and oxygen atoms in total. The zero-order chi connectivity index (χ0) is 32.5. The first-order valence-corrected chi connectivity index (χ1v) is 18.5. The van der Waals surface area contributed by atoms with Crippen LogP contribution in [0, 0.1) is 23.7 Å². The Balaban J connectivity index is 3.79. The van der Waals surface area contributed by atoms with Crippen molar-refractivity contribution in [3.63, 3.8) is 0 Å². The Morgan fingerprint density at radius 1 is 0.500 bits per heavy atom. The monoisotopic (exact) mass is 609 g/mol. The van der Waals surface area contributed by atoms with Crippen LogP contribution in [-0.4, -0.2) is 12.6 Å². The van der Waals surface area contributed by atoms with E-state index in [1.807, 2.05) is 42.5 Å². The van der Waals surface area contributed by atoms with E-state index in [4.69, 9.17) is 4.74 Å². The summed E-state index contributed by atoms with van der Waals surface area (Å²) in [7, 11) is 0. The first-order valence-electron chi connectivity index (χ1n) is 18.5. The Hall–Kier alpha value is -2.09. The molecule has 0 fully saturated rings. The van der Waals surface area contributed by atoms with Gasteiger partial charge in [-0.25, -0.2) is 4.79 Å². The van der Waals surface area contributed by atoms with Crippen LogP contribution in [0.25, 0.3) is 0 Å². The van der Waals surface area contributed by atoms with Gasteiger partial charge >= 0.3 is 5.97 Å². The fourth-order valence-electron chi connectivity index (χ4n) is 5.39. The Morgan fingerprint density at radius 3 is 1.45 bits per heavy atom. The smallest absolute Gasteiger partial charge is 0.330 e. The molecule has 0 heterocycles. The van der Waals surface area contributed by atoms with E-state index in [2.05, 4.69) is 59.8 Å². The van der Waals surface area contributed by atoms with Gasteiger partial charge in [0.2, 0.25) is 0 Å². The largest absolute Gasteiger partial charge is 0.463 e. The van der Waals surface area contributed by atoms with Gasteiger partial charge in [-0.15, -0.1) is 0 Å². The molecule has 0 aliphatic carbocycles. The number of rotatable bonds is 29. The average molecular weight is 609 g/mol. The highest BCUT2D eigenvalue weighted by molar-refractivity contribution is 5.82. The van der Waals surface area contributed by atoms with Crippen LogP contribution in [0.2, 0.25) is 0 Å². The standard InChI is InChI=1S/C42H72O2/c1-7-8-9-10-11-12-13-14-15-16-17-18-19-20-21-22-23-24-25-35-42(43)44-37-36-41(6)34-28-33-40(5)32-27-31-39(4)30-26-29-38(2)3/h15-25,35,38-41H,7-14,26-34,36-37H2,1-6H3/b16-15+,18-17+,20-19+,22-21+,24-23+,35-25+. The SMILES string of the molecule is CCCCCCCCC/C=C/C=C/C=C/C=C/C=C/C=C/C(=O)OCCC(C)CCCC(C)CCCC(C)CCCC(C)C. The molecule has 0 spiro atoms. The van der Waals surface area contributed by atoms with E-state index in [1.54, 1.807) is 6.08 Å². The van der Waals surface area contributed by atoms with Crippen molar-refractivity contribution in [1.29, 1.82) is 0 Å². The number of carbonyl (C=O) groups excluding carboxylic acids is 1. The summed E-state index contributed by atoms with van der Waals surface area (Å²) in [6.45, 7) is 14.6. The molecular weight excluding hydrogens is 536 g/mol. The number of allylic oxidation sites excluding steroid dienone is 11. The molecule has 0 bridgehead atoms. The van der Waals surface area contributed by atoms with Crippen LogP contribution in [0.5, 0.6) is 0 Å². The minimum atomic E-state index is -0.261. The van der Waals surface area contributed by atoms with E-state index in [1.165, 1.54) is 115 Å². The van der Waals surface area contributed by atoms with E-state index in [9.17, 15) is 4.79 Å². The Morgan fingerprint density at radius 2 is 0.932 bits per heavy atom. The van der Waals surface area contributed by atoms with Crippen molar-refractivity contribution < 1.29 is 9.53 Å². The van der Waals surface area contributed by atoms with E-state index in [0.29, 0.717) is 12.5 Å². The molecule has 0 rings (SSSR count). The zero-order valence-electron chi connectivity index (χ0n) is 30.0. The van der Waals surface area contributed by atoms with E-state index >= 15 is 0 Å². The number of esters is 1. The molecule has 0 aromatic heterocycles. The summed E-state index contributed by atoms with van der Waals surface area (Å²) in [6.07, 6.45) is 47.2. The van der Waals surface area contributed by atoms with Crippen LogP contribution in [0.1, 0.15) is 157 Å². The maximum absolute atomic E-state index is 12.0. The molecule has 2 heteroatoms. The van der Waals surface area contributed by atoms with Gasteiger partial charge in [0.25, 0.3) is 0 Å². The van der Waals surface area contributed by atoms with Gasteiger partial charge in [0, 0.05) is 6.08 Å². The zero-order valence-corrected chi connectivity index (χ0v) is 30.0. The number of hydrogen-bond acceptors (Lipinski definition) is 2. The van der Waals surface area contributed by atoms with Gasteiger partial charge in [-0.3, -0.25) is 0 Å². The highest BCUT2D eigenvalue weighted by Crippen LogP contribution is 2.22. The molecule has 0 radical (unpaired) electrons. The predicted octanol–water partition coefficient (Wildman–Crippen LogP) is 13.5. The molecule has 0 aromatic rings. The summed E-state index contributed by atoms with van der Waals surface area (Å²) >= 11 is 0. The highest BCUT2D eigenvalue weighted by Gasteiger charge is 2.09. The van der Waals surface area contributed by atoms with Crippen LogP contribution >= 0.6 is 0 Å². The third kappa shape index (κ3) is 32.8. The fraction of sp³-hybridized carbons (Fsp3) is 0.690. The van der Waals surface area contributed by atoms with Gasteiger partial charge in [0.15, 0.2) is 0 Å². The number of carbonyl (C=O) groups is 1. The van der Waals surface area contributed by atoms with E-state index in [-0.39, 0.29) is 5.97 Å². The maximum atomic E-state index is 12.0. The van der Waals surface area contributed by atoms with Crippen molar-refractivity contribution in [1.82, 2.24) is 0 Å². The summed E-state index contributed by atoms with van der Waals surface area (Å²) in [5.74, 6) is 2.87. The van der Waals surface area contributed by atoms with Crippen LogP contribution < -0.4 is 0 Å². The van der Waals surface area contributed by atoms with Gasteiger partial charge in [0.1, 0.15) is 0 Å². The predicted molar refractivity (Wildman–Crippen MR) is 197 cm³/mol. The molecule has 0 aliphatic heterocycles. The summed E-state index contributed by atoms with van der Waals surface area (Å²) in [6, 6.07) is 0. The summed E-state index contributed by atoms with van der Waals surface area (Å²) in [5.41, 5.74) is 0. The van der Waals surface area contributed by atoms with Gasteiger partial charge < -0.3 is 4.74 Å². The first-order chi connectivity index (χ1) is 21.3. The lowest BCUT2D eigenvalue weighted by atomic mass is 9.91. The quantitative estimate of drug-likeness (QED) is 0.0365. The lowest BCUT2D eigenvalue weighted by Crippen LogP contribution is -2.07. The molecule has 44 heavy (non-hydrogen) atoms. The van der Waals surface area contributed by atoms with Crippen molar-refractivity contribution in [2.45, 2.75) is 157 Å². The molecule has 252 valence electrons. The molecular formula is C42H72O2. The topological polar surface area (TPSA) is 26.3 Å². The molecule has 0 saturated carbocycles. The summed E-state index contributed by atoms with van der Waals surface area (Å²) in [4.78, 5) is 12.0. The first kappa shape index (κ1) is 41.9. The summed E-state index contributed by atoms with van der Waals surface area (Å²) < 4.78 is 5.39. The third-order valence-corrected chi connectivity index (χ3v) is 8.46. The summed E-state index contributed by atoms with van der Waals surface area (Å²) in [5, 5.41) is 0. The van der Waals surface area contributed by atoms with Crippen LogP contribution in [0.15, 0.2) is 72.9 Å². The van der Waals surface area contributed by atoms with Crippen LogP contribution in [0.3, 0.4) is 0 Å². The molecule has 0 aliphatic rings. The molecule has 0 aromatic carbocycles. The highest BCUT2D eigenvalue weighted by atomic mass is 16.5. The van der Waals surface area contributed by atoms with Crippen molar-refractivity contribution in [2.24, 2.45) is 23.7 Å². The lowest BCUT2D eigenvalue weighted by molar-refractivity contribution is -0.138. The number of unbranched alkanes of at least 4 members (excludes halogenated alkanes) is 7. The molecule has 0 saturated heterocycles. The van der Waals surface area contributed by atoms with Crippen molar-refractivity contribution in [3.05, 3.63) is 72.9 Å². The van der Waals surface area contributed by atoms with Crippen LogP contribution in [-0.2, 0) is 9.53 Å². The Bertz CT molecular complexity index is 810. The van der Waals surface area contributed by atoms with Gasteiger partial charge in [-0.05, 0) is 42.9 Å². The fourth-order valence-corrected chi connectivity index (χ4v) is 5.39. The number of hydrogen-bond donors (Lipinski definition) is 0. The Kier molecular flexibility index (Phi) is 30.8. The molecule has 0 amide bonds. The second-order valence-electron chi connectivity index (χ2n) is 13.7. The van der Waals surface area contributed by atoms with Crippen molar-refractivity contribution >= 4 is 5.97 Å². The number of ether oxygens (including phenoxy) is 1. The van der Waals surface area contributed by atoms with E-state index in [0.717, 1.165) is 24.2 Å². The van der Waals surface area contributed by atoms with Gasteiger partial charge in [0.05, 0.1) is 6.61 Å². The van der Waals surface area contributed by atoms with Gasteiger partial charge in [-0.1, -0.05) is 205 Å². The Labute approximate surface area is 275 Å². The average Bonchev–Trinajstić information content (AvgIpc) is 2.98. The van der Waals surface area contributed by atoms with Gasteiger partial charge in [-0.2, -0.15) is 0 Å². The van der Waals surface area contributed by atoms with Crippen LogP contribution in [0.4, 0.5) is 0 Å². The van der Waals surface area contributed by atoms with Crippen molar-refractivity contribution in [2.75, 3.05) is 6.61 Å². The third-order valence-electron chi connectivity index (χ3n) is 8.46. The normalized spacial score (nSPS) is 14.9. The molecule has 3 atom stereocenters. The minimum Gasteiger partial charge on any atom is -0.463 e. The van der Waals surface area contributed by atoms with Crippen molar-refractivity contribution in [3.8, 4) is 0 Å². The minimum absolute atomic E-state index is 0.261.